The molecule has 2 aromatic rings. The van der Waals surface area contributed by atoms with Gasteiger partial charge in [-0.1, -0.05) is 6.07 Å². The van der Waals surface area contributed by atoms with E-state index in [-0.39, 0.29) is 5.91 Å². The normalized spacial score (nSPS) is 13.5. The maximum absolute atomic E-state index is 12.2. The van der Waals surface area contributed by atoms with Crippen molar-refractivity contribution in [3.8, 4) is 5.75 Å². The van der Waals surface area contributed by atoms with Gasteiger partial charge < -0.3 is 15.4 Å². The summed E-state index contributed by atoms with van der Waals surface area (Å²) in [6.07, 6.45) is 0.880. The highest BCUT2D eigenvalue weighted by Gasteiger charge is 2.21. The van der Waals surface area contributed by atoms with E-state index in [1.54, 1.807) is 0 Å². The molecule has 23 heavy (non-hydrogen) atoms. The Kier molecular flexibility index (Phi) is 4.62. The minimum absolute atomic E-state index is 0.157. The molecule has 0 saturated heterocycles. The Bertz CT molecular complexity index is 688. The molecule has 0 saturated carbocycles. The fraction of sp³-hybridized carbons (Fsp3) is 0.412. The lowest BCUT2D eigenvalue weighted by Gasteiger charge is -2.13. The van der Waals surface area contributed by atoms with Crippen LogP contribution in [-0.2, 0) is 13.0 Å². The summed E-state index contributed by atoms with van der Waals surface area (Å²) in [5.41, 5.74) is 4.85. The van der Waals surface area contributed by atoms with Gasteiger partial charge in [0.25, 0.3) is 5.91 Å². The smallest absolute Gasteiger partial charge is 0.272 e. The first-order chi connectivity index (χ1) is 11.1. The van der Waals surface area contributed by atoms with Crippen LogP contribution in [0, 0.1) is 13.8 Å². The molecule has 3 N–H and O–H groups in total. The van der Waals surface area contributed by atoms with Gasteiger partial charge in [-0.05, 0) is 37.1 Å². The second-order valence-corrected chi connectivity index (χ2v) is 5.88. The maximum atomic E-state index is 12.2. The van der Waals surface area contributed by atoms with Crippen molar-refractivity contribution in [2.75, 3.05) is 19.7 Å². The molecule has 1 amide bonds. The molecule has 0 atom stereocenters. The number of aryl methyl sites for hydroxylation is 2. The van der Waals surface area contributed by atoms with Gasteiger partial charge >= 0.3 is 0 Å². The molecule has 0 radical (unpaired) electrons. The summed E-state index contributed by atoms with van der Waals surface area (Å²) in [4.78, 5) is 12.2. The van der Waals surface area contributed by atoms with Crippen LogP contribution in [0.15, 0.2) is 18.2 Å². The lowest BCUT2D eigenvalue weighted by atomic mass is 10.1. The lowest BCUT2D eigenvalue weighted by molar-refractivity contribution is 0.0941. The van der Waals surface area contributed by atoms with Crippen LogP contribution >= 0.6 is 0 Å². The molecule has 1 aliphatic heterocycles. The predicted molar refractivity (Wildman–Crippen MR) is 87.7 cm³/mol. The van der Waals surface area contributed by atoms with Gasteiger partial charge in [0.2, 0.25) is 0 Å². The van der Waals surface area contributed by atoms with Crippen LogP contribution in [0.2, 0.25) is 0 Å². The Morgan fingerprint density at radius 1 is 1.30 bits per heavy atom. The van der Waals surface area contributed by atoms with Gasteiger partial charge in [-0.25, -0.2) is 0 Å². The van der Waals surface area contributed by atoms with E-state index in [2.05, 4.69) is 26.9 Å². The average Bonchev–Trinajstić information content (AvgIpc) is 2.94. The van der Waals surface area contributed by atoms with Gasteiger partial charge in [-0.3, -0.25) is 9.89 Å². The van der Waals surface area contributed by atoms with Crippen molar-refractivity contribution in [2.24, 2.45) is 0 Å². The molecule has 0 unspecified atom stereocenters. The molecule has 0 aliphatic carbocycles. The quantitative estimate of drug-likeness (QED) is 0.731. The van der Waals surface area contributed by atoms with E-state index in [4.69, 9.17) is 4.74 Å². The van der Waals surface area contributed by atoms with Crippen molar-refractivity contribution in [1.29, 1.82) is 0 Å². The molecule has 0 fully saturated rings. The fourth-order valence-electron chi connectivity index (χ4n) is 2.85. The lowest BCUT2D eigenvalue weighted by Crippen LogP contribution is -2.31. The van der Waals surface area contributed by atoms with Gasteiger partial charge in [-0.2, -0.15) is 5.10 Å². The molecule has 1 aliphatic rings. The minimum atomic E-state index is -0.157. The van der Waals surface area contributed by atoms with E-state index in [1.807, 2.05) is 26.0 Å². The Labute approximate surface area is 135 Å². The molecule has 1 aromatic heterocycles. The highest BCUT2D eigenvalue weighted by molar-refractivity contribution is 5.94. The molecular formula is C17H22N4O2. The van der Waals surface area contributed by atoms with Gasteiger partial charge in [0.1, 0.15) is 12.4 Å². The Morgan fingerprint density at radius 3 is 2.87 bits per heavy atom. The van der Waals surface area contributed by atoms with Crippen LogP contribution in [-0.4, -0.2) is 35.8 Å². The number of H-pyrrole nitrogens is 1. The van der Waals surface area contributed by atoms with Gasteiger partial charge in [0.05, 0.1) is 6.54 Å². The van der Waals surface area contributed by atoms with Crippen LogP contribution in [0.3, 0.4) is 0 Å². The Balaban J connectivity index is 1.51. The van der Waals surface area contributed by atoms with Gasteiger partial charge in [-0.15, -0.1) is 0 Å². The zero-order chi connectivity index (χ0) is 16.2. The number of aromatic nitrogens is 2. The number of nitrogens with one attached hydrogen (secondary N) is 3. The van der Waals surface area contributed by atoms with E-state index in [0.717, 1.165) is 30.0 Å². The van der Waals surface area contributed by atoms with Crippen molar-refractivity contribution in [1.82, 2.24) is 20.8 Å². The first-order valence-corrected chi connectivity index (χ1v) is 7.89. The zero-order valence-electron chi connectivity index (χ0n) is 13.5. The highest BCUT2D eigenvalue weighted by Crippen LogP contribution is 2.16. The number of hydrogen-bond acceptors (Lipinski definition) is 4. The standard InChI is InChI=1S/C17H22N4O2/c1-11-7-12(2)9-13(8-11)23-6-5-19-17(22)16-14-10-18-4-3-15(14)20-21-16/h7-9,18H,3-6,10H2,1-2H3,(H,19,22)(H,20,21). The third kappa shape index (κ3) is 3.71. The molecule has 6 nitrogen and oxygen atoms in total. The minimum Gasteiger partial charge on any atom is -0.492 e. The summed E-state index contributed by atoms with van der Waals surface area (Å²) in [7, 11) is 0. The Hall–Kier alpha value is -2.34. The summed E-state index contributed by atoms with van der Waals surface area (Å²) < 4.78 is 5.69. The molecular weight excluding hydrogens is 292 g/mol. The maximum Gasteiger partial charge on any atom is 0.272 e. The molecule has 0 bridgehead atoms. The second kappa shape index (κ2) is 6.83. The molecule has 2 heterocycles. The number of carbonyl (C=O) groups excluding carboxylic acids is 1. The number of ether oxygens (including phenoxy) is 1. The van der Waals surface area contributed by atoms with Crippen molar-refractivity contribution in [3.63, 3.8) is 0 Å². The third-order valence-corrected chi connectivity index (χ3v) is 3.87. The van der Waals surface area contributed by atoms with Crippen LogP contribution in [0.4, 0.5) is 0 Å². The SMILES string of the molecule is Cc1cc(C)cc(OCCNC(=O)c2n[nH]c3c2CNCC3)c1. The summed E-state index contributed by atoms with van der Waals surface area (Å²) in [6.45, 7) is 6.56. The van der Waals surface area contributed by atoms with Crippen molar-refractivity contribution in [2.45, 2.75) is 26.8 Å². The van der Waals surface area contributed by atoms with Crippen LogP contribution in [0.25, 0.3) is 0 Å². The molecule has 122 valence electrons. The van der Waals surface area contributed by atoms with E-state index < -0.39 is 0 Å². The molecule has 0 spiro atoms. The molecule has 6 heteroatoms. The first-order valence-electron chi connectivity index (χ1n) is 7.89. The number of benzene rings is 1. The monoisotopic (exact) mass is 314 g/mol. The number of hydrogen-bond donors (Lipinski definition) is 3. The summed E-state index contributed by atoms with van der Waals surface area (Å²) >= 11 is 0. The summed E-state index contributed by atoms with van der Waals surface area (Å²) in [6, 6.07) is 6.08. The average molecular weight is 314 g/mol. The number of rotatable bonds is 5. The predicted octanol–water partition coefficient (Wildman–Crippen LogP) is 1.48. The zero-order valence-corrected chi connectivity index (χ0v) is 13.5. The number of amides is 1. The van der Waals surface area contributed by atoms with Gasteiger partial charge in [0, 0.05) is 30.8 Å². The van der Waals surface area contributed by atoms with Crippen molar-refractivity contribution in [3.05, 3.63) is 46.3 Å². The van der Waals surface area contributed by atoms with E-state index >= 15 is 0 Å². The number of aromatic amines is 1. The second-order valence-electron chi connectivity index (χ2n) is 5.88. The summed E-state index contributed by atoms with van der Waals surface area (Å²) in [5, 5.41) is 13.2. The van der Waals surface area contributed by atoms with Crippen molar-refractivity contribution < 1.29 is 9.53 Å². The van der Waals surface area contributed by atoms with Crippen LogP contribution in [0.5, 0.6) is 5.75 Å². The van der Waals surface area contributed by atoms with Crippen molar-refractivity contribution >= 4 is 5.91 Å². The van der Waals surface area contributed by atoms with Gasteiger partial charge in [0.15, 0.2) is 5.69 Å². The van der Waals surface area contributed by atoms with E-state index in [9.17, 15) is 4.79 Å². The van der Waals surface area contributed by atoms with Crippen LogP contribution < -0.4 is 15.4 Å². The van der Waals surface area contributed by atoms with Crippen LogP contribution in [0.1, 0.15) is 32.9 Å². The first kappa shape index (κ1) is 15.6. The largest absolute Gasteiger partial charge is 0.492 e. The topological polar surface area (TPSA) is 79.0 Å². The highest BCUT2D eigenvalue weighted by atomic mass is 16.5. The molecule has 1 aromatic carbocycles. The number of nitrogens with zero attached hydrogens (tertiary/aromatic N) is 1. The summed E-state index contributed by atoms with van der Waals surface area (Å²) in [5.74, 6) is 0.674. The number of fused-ring (bicyclic) bond motifs is 1. The third-order valence-electron chi connectivity index (χ3n) is 3.87. The fourth-order valence-corrected chi connectivity index (χ4v) is 2.85. The number of carbonyl (C=O) groups is 1. The van der Waals surface area contributed by atoms with E-state index in [1.165, 1.54) is 11.1 Å². The Morgan fingerprint density at radius 2 is 2.09 bits per heavy atom. The molecule has 3 rings (SSSR count). The van der Waals surface area contributed by atoms with E-state index in [0.29, 0.717) is 25.4 Å².